The van der Waals surface area contributed by atoms with Crippen LogP contribution in [0.3, 0.4) is 0 Å². The van der Waals surface area contributed by atoms with Crippen molar-refractivity contribution in [2.75, 3.05) is 5.32 Å². The predicted octanol–water partition coefficient (Wildman–Crippen LogP) is 1.97. The van der Waals surface area contributed by atoms with E-state index in [0.29, 0.717) is 24.9 Å². The number of nitrogens with one attached hydrogen (secondary N) is 2. The number of rotatable bonds is 6. The summed E-state index contributed by atoms with van der Waals surface area (Å²) in [6.45, 7) is 3.72. The van der Waals surface area contributed by atoms with Gasteiger partial charge < -0.3 is 11.1 Å². The summed E-state index contributed by atoms with van der Waals surface area (Å²) < 4.78 is 27.2. The molecule has 0 heterocycles. The molecule has 1 atom stereocenters. The Balaban J connectivity index is 2.15. The minimum atomic E-state index is -3.60. The van der Waals surface area contributed by atoms with E-state index in [9.17, 15) is 13.2 Å². The molecule has 1 unspecified atom stereocenters. The number of nitrogens with two attached hydrogens (primary N) is 1. The summed E-state index contributed by atoms with van der Waals surface area (Å²) >= 11 is 0. The lowest BCUT2D eigenvalue weighted by Gasteiger charge is -2.22. The summed E-state index contributed by atoms with van der Waals surface area (Å²) in [5.41, 5.74) is 5.72. The van der Waals surface area contributed by atoms with Crippen LogP contribution in [-0.4, -0.2) is 25.9 Å². The number of carbonyl (C=O) groups is 1. The molecule has 1 aliphatic rings. The highest BCUT2D eigenvalue weighted by molar-refractivity contribution is 7.89. The molecule has 1 aliphatic carbocycles. The Morgan fingerprint density at radius 2 is 2.00 bits per heavy atom. The molecule has 128 valence electrons. The Kier molecular flexibility index (Phi) is 5.44. The average Bonchev–Trinajstić information content (AvgIpc) is 2.95. The molecule has 0 radical (unpaired) electrons. The van der Waals surface area contributed by atoms with Crippen molar-refractivity contribution < 1.29 is 13.2 Å². The lowest BCUT2D eigenvalue weighted by molar-refractivity contribution is -0.121. The van der Waals surface area contributed by atoms with Gasteiger partial charge in [-0.3, -0.25) is 4.79 Å². The maximum absolute atomic E-state index is 12.3. The fourth-order valence-electron chi connectivity index (χ4n) is 2.65. The van der Waals surface area contributed by atoms with Crippen LogP contribution in [0.25, 0.3) is 0 Å². The predicted molar refractivity (Wildman–Crippen MR) is 90.5 cm³/mol. The van der Waals surface area contributed by atoms with Crippen molar-refractivity contribution >= 4 is 21.6 Å². The van der Waals surface area contributed by atoms with E-state index in [1.807, 2.05) is 6.92 Å². The molecule has 1 aromatic carbocycles. The first kappa shape index (κ1) is 17.9. The van der Waals surface area contributed by atoms with Gasteiger partial charge in [0.05, 0.1) is 10.4 Å². The third-order valence-electron chi connectivity index (χ3n) is 4.32. The van der Waals surface area contributed by atoms with E-state index in [1.54, 1.807) is 19.1 Å². The van der Waals surface area contributed by atoms with Gasteiger partial charge in [-0.15, -0.1) is 0 Å². The number of sulfonamides is 1. The van der Waals surface area contributed by atoms with Gasteiger partial charge in [0.25, 0.3) is 0 Å². The van der Waals surface area contributed by atoms with Gasteiger partial charge in [0, 0.05) is 11.7 Å². The number of benzene rings is 1. The van der Waals surface area contributed by atoms with Crippen LogP contribution >= 0.6 is 0 Å². The molecule has 0 aromatic heterocycles. The molecule has 1 saturated carbocycles. The van der Waals surface area contributed by atoms with Gasteiger partial charge in [-0.25, -0.2) is 13.1 Å². The molecular weight excluding hydrogens is 314 g/mol. The Bertz CT molecular complexity index is 667. The molecule has 0 saturated heterocycles. The molecule has 0 aliphatic heterocycles. The molecule has 2 rings (SSSR count). The largest absolute Gasteiger partial charge is 0.324 e. The maximum atomic E-state index is 12.3. The quantitative estimate of drug-likeness (QED) is 0.737. The topological polar surface area (TPSA) is 101 Å². The van der Waals surface area contributed by atoms with Crippen molar-refractivity contribution in [2.45, 2.75) is 62.4 Å². The van der Waals surface area contributed by atoms with Crippen molar-refractivity contribution in [3.8, 4) is 0 Å². The first-order chi connectivity index (χ1) is 10.8. The Labute approximate surface area is 137 Å². The minimum absolute atomic E-state index is 0.132. The number of anilines is 1. The summed E-state index contributed by atoms with van der Waals surface area (Å²) in [5, 5.41) is 2.75. The van der Waals surface area contributed by atoms with Crippen molar-refractivity contribution in [2.24, 2.45) is 5.73 Å². The smallest absolute Gasteiger partial charge is 0.244 e. The van der Waals surface area contributed by atoms with E-state index < -0.39 is 15.6 Å². The average molecular weight is 339 g/mol. The summed E-state index contributed by atoms with van der Waals surface area (Å²) in [5.74, 6) is -0.251. The summed E-state index contributed by atoms with van der Waals surface area (Å²) in [6.07, 6.45) is 3.90. The van der Waals surface area contributed by atoms with Crippen molar-refractivity contribution in [1.82, 2.24) is 4.72 Å². The van der Waals surface area contributed by atoms with Gasteiger partial charge in [0.1, 0.15) is 0 Å². The summed E-state index contributed by atoms with van der Waals surface area (Å²) in [6, 6.07) is 6.09. The van der Waals surface area contributed by atoms with Gasteiger partial charge in [-0.2, -0.15) is 0 Å². The van der Waals surface area contributed by atoms with Gasteiger partial charge in [-0.05, 0) is 44.4 Å². The van der Waals surface area contributed by atoms with Crippen LogP contribution in [0.2, 0.25) is 0 Å². The second-order valence-electron chi connectivity index (χ2n) is 6.28. The molecule has 1 fully saturated rings. The van der Waals surface area contributed by atoms with E-state index in [4.69, 9.17) is 5.73 Å². The minimum Gasteiger partial charge on any atom is -0.324 e. The zero-order valence-electron chi connectivity index (χ0n) is 13.6. The van der Waals surface area contributed by atoms with Gasteiger partial charge in [-0.1, -0.05) is 25.8 Å². The lowest BCUT2D eigenvalue weighted by Crippen LogP contribution is -2.48. The number of carbonyl (C=O) groups excluding carboxylic acids is 1. The lowest BCUT2D eigenvalue weighted by atomic mass is 9.98. The van der Waals surface area contributed by atoms with Crippen LogP contribution in [-0.2, 0) is 14.8 Å². The van der Waals surface area contributed by atoms with Crippen molar-refractivity contribution in [3.63, 3.8) is 0 Å². The van der Waals surface area contributed by atoms with E-state index in [0.717, 1.165) is 12.8 Å². The first-order valence-electron chi connectivity index (χ1n) is 7.99. The Hall–Kier alpha value is -1.44. The van der Waals surface area contributed by atoms with Crippen LogP contribution in [0.5, 0.6) is 0 Å². The highest BCUT2D eigenvalue weighted by atomic mass is 32.2. The number of hydrogen-bond acceptors (Lipinski definition) is 4. The number of amides is 1. The van der Waals surface area contributed by atoms with Crippen LogP contribution in [0.15, 0.2) is 29.2 Å². The van der Waals surface area contributed by atoms with Crippen LogP contribution in [0.4, 0.5) is 5.69 Å². The Morgan fingerprint density at radius 1 is 1.35 bits per heavy atom. The van der Waals surface area contributed by atoms with Gasteiger partial charge in [0.15, 0.2) is 0 Å². The standard InChI is InChI=1S/C16H25N3O3S/c1-3-12(2)19-23(21,22)14-8-6-7-13(11-14)18-15(20)16(17)9-4-5-10-16/h6-8,11-12,19H,3-5,9-10,17H2,1-2H3,(H,18,20). The molecule has 23 heavy (non-hydrogen) atoms. The molecule has 6 nitrogen and oxygen atoms in total. The second-order valence-corrected chi connectivity index (χ2v) is 7.99. The van der Waals surface area contributed by atoms with Crippen molar-refractivity contribution in [1.29, 1.82) is 0 Å². The van der Waals surface area contributed by atoms with Gasteiger partial charge in [0.2, 0.25) is 15.9 Å². The van der Waals surface area contributed by atoms with E-state index >= 15 is 0 Å². The molecule has 0 spiro atoms. The Morgan fingerprint density at radius 3 is 2.61 bits per heavy atom. The van der Waals surface area contributed by atoms with Crippen LogP contribution in [0.1, 0.15) is 46.0 Å². The second kappa shape index (κ2) is 6.98. The highest BCUT2D eigenvalue weighted by Crippen LogP contribution is 2.28. The first-order valence-corrected chi connectivity index (χ1v) is 9.48. The normalized spacial score (nSPS) is 18.6. The zero-order chi connectivity index (χ0) is 17.1. The van der Waals surface area contributed by atoms with Crippen LogP contribution in [0, 0.1) is 0 Å². The monoisotopic (exact) mass is 339 g/mol. The third-order valence-corrected chi connectivity index (χ3v) is 5.91. The van der Waals surface area contributed by atoms with Crippen molar-refractivity contribution in [3.05, 3.63) is 24.3 Å². The van der Waals surface area contributed by atoms with Crippen LogP contribution < -0.4 is 15.8 Å². The van der Waals surface area contributed by atoms with E-state index in [1.165, 1.54) is 12.1 Å². The van der Waals surface area contributed by atoms with E-state index in [-0.39, 0.29) is 16.8 Å². The summed E-state index contributed by atoms with van der Waals surface area (Å²) in [7, 11) is -3.60. The highest BCUT2D eigenvalue weighted by Gasteiger charge is 2.37. The summed E-state index contributed by atoms with van der Waals surface area (Å²) in [4.78, 5) is 12.5. The molecule has 4 N–H and O–H groups in total. The van der Waals surface area contributed by atoms with E-state index in [2.05, 4.69) is 10.0 Å². The molecule has 1 aromatic rings. The zero-order valence-corrected chi connectivity index (χ0v) is 14.4. The fraction of sp³-hybridized carbons (Fsp3) is 0.562. The maximum Gasteiger partial charge on any atom is 0.244 e. The molecular formula is C16H25N3O3S. The SMILES string of the molecule is CCC(C)NS(=O)(=O)c1cccc(NC(=O)C2(N)CCCC2)c1. The number of hydrogen-bond donors (Lipinski definition) is 3. The molecule has 7 heteroatoms. The third kappa shape index (κ3) is 4.31. The fourth-order valence-corrected chi connectivity index (χ4v) is 4.02. The molecule has 1 amide bonds. The molecule has 0 bridgehead atoms. The van der Waals surface area contributed by atoms with Gasteiger partial charge >= 0.3 is 0 Å².